The van der Waals surface area contributed by atoms with E-state index in [9.17, 15) is 0 Å². The summed E-state index contributed by atoms with van der Waals surface area (Å²) in [5, 5.41) is 7.23. The number of aromatic nitrogens is 1. The maximum absolute atomic E-state index is 4.65. The molecule has 1 saturated carbocycles. The summed E-state index contributed by atoms with van der Waals surface area (Å²) < 4.78 is 0. The Kier molecular flexibility index (Phi) is 4.44. The predicted molar refractivity (Wildman–Crippen MR) is 78.8 cm³/mol. The summed E-state index contributed by atoms with van der Waals surface area (Å²) in [6.07, 6.45) is 5.87. The summed E-state index contributed by atoms with van der Waals surface area (Å²) in [5.41, 5.74) is 0.120. The second kappa shape index (κ2) is 5.70. The molecule has 3 heteroatoms. The molecule has 2 nitrogen and oxygen atoms in total. The average Bonchev–Trinajstić information content (AvgIpc) is 2.82. The van der Waals surface area contributed by atoms with Crippen LogP contribution >= 0.6 is 11.3 Å². The monoisotopic (exact) mass is 266 g/mol. The number of nitrogens with one attached hydrogen (secondary N) is 1. The zero-order valence-corrected chi connectivity index (χ0v) is 12.9. The van der Waals surface area contributed by atoms with E-state index in [0.29, 0.717) is 11.8 Å². The van der Waals surface area contributed by atoms with Crippen LogP contribution in [0.4, 0.5) is 0 Å². The maximum atomic E-state index is 4.65. The van der Waals surface area contributed by atoms with Crippen molar-refractivity contribution in [2.24, 2.45) is 17.8 Å². The molecule has 1 aromatic heterocycles. The Bertz CT molecular complexity index is 361. The number of nitrogens with zero attached hydrogens (tertiary/aromatic N) is 1. The molecule has 0 aromatic carbocycles. The van der Waals surface area contributed by atoms with Crippen molar-refractivity contribution in [1.29, 1.82) is 0 Å². The Morgan fingerprint density at radius 3 is 2.83 bits per heavy atom. The van der Waals surface area contributed by atoms with Crippen LogP contribution in [0.25, 0.3) is 0 Å². The lowest BCUT2D eigenvalue weighted by Crippen LogP contribution is -2.53. The molecule has 1 aliphatic rings. The van der Waals surface area contributed by atoms with Crippen LogP contribution in [0.15, 0.2) is 11.6 Å². The first-order valence-electron chi connectivity index (χ1n) is 7.25. The average molecular weight is 266 g/mol. The number of hydrogen-bond acceptors (Lipinski definition) is 3. The molecule has 1 fully saturated rings. The van der Waals surface area contributed by atoms with Gasteiger partial charge in [0, 0.05) is 11.6 Å². The number of thiazole rings is 1. The molecule has 0 amide bonds. The lowest BCUT2D eigenvalue weighted by Gasteiger charge is -2.47. The summed E-state index contributed by atoms with van der Waals surface area (Å²) >= 11 is 1.82. The highest BCUT2D eigenvalue weighted by molar-refractivity contribution is 7.09. The molecule has 18 heavy (non-hydrogen) atoms. The van der Waals surface area contributed by atoms with E-state index in [4.69, 9.17) is 0 Å². The van der Waals surface area contributed by atoms with Crippen LogP contribution in [0, 0.1) is 17.8 Å². The van der Waals surface area contributed by atoms with Crippen molar-refractivity contribution in [1.82, 2.24) is 10.3 Å². The standard InChI is InChI=1S/C15H26N2S/c1-5-17-15(14-16-8-9-18-14)10-12(4)6-7-13(15)11(2)3/h8-9,11-13,17H,5-7,10H2,1-4H3. The fourth-order valence-corrected chi connectivity index (χ4v) is 4.59. The smallest absolute Gasteiger partial charge is 0.113 e. The highest BCUT2D eigenvalue weighted by atomic mass is 32.1. The van der Waals surface area contributed by atoms with E-state index in [0.717, 1.165) is 12.5 Å². The fraction of sp³-hybridized carbons (Fsp3) is 0.800. The van der Waals surface area contributed by atoms with Gasteiger partial charge in [-0.05, 0) is 37.1 Å². The Morgan fingerprint density at radius 1 is 1.50 bits per heavy atom. The van der Waals surface area contributed by atoms with Gasteiger partial charge in [-0.25, -0.2) is 4.98 Å². The van der Waals surface area contributed by atoms with Gasteiger partial charge in [-0.3, -0.25) is 0 Å². The van der Waals surface area contributed by atoms with Gasteiger partial charge in [-0.2, -0.15) is 0 Å². The van der Waals surface area contributed by atoms with Crippen LogP contribution in [0.1, 0.15) is 52.0 Å². The van der Waals surface area contributed by atoms with Crippen molar-refractivity contribution in [2.45, 2.75) is 52.5 Å². The Hall–Kier alpha value is -0.410. The van der Waals surface area contributed by atoms with Gasteiger partial charge in [0.2, 0.25) is 0 Å². The molecule has 0 saturated heterocycles. The molecule has 0 bridgehead atoms. The van der Waals surface area contributed by atoms with Gasteiger partial charge in [0.25, 0.3) is 0 Å². The molecule has 0 radical (unpaired) electrons. The van der Waals surface area contributed by atoms with E-state index in [1.165, 1.54) is 24.3 Å². The summed E-state index contributed by atoms with van der Waals surface area (Å²) in [5.74, 6) is 2.21. The number of hydrogen-bond donors (Lipinski definition) is 1. The van der Waals surface area contributed by atoms with Crippen LogP contribution in [-0.4, -0.2) is 11.5 Å². The van der Waals surface area contributed by atoms with Gasteiger partial charge in [0.05, 0.1) is 5.54 Å². The van der Waals surface area contributed by atoms with Gasteiger partial charge in [-0.15, -0.1) is 11.3 Å². The SMILES string of the molecule is CCNC1(c2nccs2)CC(C)CCC1C(C)C. The Balaban J connectivity index is 2.39. The zero-order valence-electron chi connectivity index (χ0n) is 12.1. The quantitative estimate of drug-likeness (QED) is 0.889. The molecule has 102 valence electrons. The van der Waals surface area contributed by atoms with E-state index >= 15 is 0 Å². The highest BCUT2D eigenvalue weighted by Gasteiger charge is 2.46. The van der Waals surface area contributed by atoms with Crippen LogP contribution in [0.3, 0.4) is 0 Å². The second-order valence-electron chi connectivity index (χ2n) is 6.08. The molecule has 3 atom stereocenters. The maximum Gasteiger partial charge on any atom is 0.113 e. The third kappa shape index (κ3) is 2.48. The summed E-state index contributed by atoms with van der Waals surface area (Å²) in [4.78, 5) is 4.65. The first-order valence-corrected chi connectivity index (χ1v) is 8.13. The lowest BCUT2D eigenvalue weighted by atomic mass is 9.65. The van der Waals surface area contributed by atoms with Gasteiger partial charge in [0.15, 0.2) is 0 Å². The van der Waals surface area contributed by atoms with E-state index in [2.05, 4.69) is 43.4 Å². The van der Waals surface area contributed by atoms with Gasteiger partial charge in [-0.1, -0.05) is 34.1 Å². The molecule has 0 spiro atoms. The highest BCUT2D eigenvalue weighted by Crippen LogP contribution is 2.47. The van der Waals surface area contributed by atoms with Crippen LogP contribution < -0.4 is 5.32 Å². The van der Waals surface area contributed by atoms with Crippen LogP contribution in [0.5, 0.6) is 0 Å². The largest absolute Gasteiger partial charge is 0.305 e. The molecule has 1 aliphatic carbocycles. The van der Waals surface area contributed by atoms with E-state index < -0.39 is 0 Å². The second-order valence-corrected chi connectivity index (χ2v) is 6.97. The molecule has 3 unspecified atom stereocenters. The first kappa shape index (κ1) is 14.0. The van der Waals surface area contributed by atoms with E-state index in [-0.39, 0.29) is 5.54 Å². The van der Waals surface area contributed by atoms with Crippen LogP contribution in [0.2, 0.25) is 0 Å². The Morgan fingerprint density at radius 2 is 2.28 bits per heavy atom. The molecule has 1 heterocycles. The molecule has 0 aliphatic heterocycles. The molecule has 2 rings (SSSR count). The summed E-state index contributed by atoms with van der Waals surface area (Å²) in [6, 6.07) is 0. The minimum Gasteiger partial charge on any atom is -0.305 e. The van der Waals surface area contributed by atoms with Crippen LogP contribution in [-0.2, 0) is 5.54 Å². The Labute approximate surface area is 115 Å². The summed E-state index contributed by atoms with van der Waals surface area (Å²) in [6.45, 7) is 10.3. The van der Waals surface area contributed by atoms with Crippen molar-refractivity contribution in [2.75, 3.05) is 6.54 Å². The van der Waals surface area contributed by atoms with Crippen molar-refractivity contribution < 1.29 is 0 Å². The summed E-state index contributed by atoms with van der Waals surface area (Å²) in [7, 11) is 0. The predicted octanol–water partition coefficient (Wildman–Crippen LogP) is 4.04. The van der Waals surface area contributed by atoms with Crippen molar-refractivity contribution in [3.05, 3.63) is 16.6 Å². The topological polar surface area (TPSA) is 24.9 Å². The van der Waals surface area contributed by atoms with Crippen molar-refractivity contribution in [3.63, 3.8) is 0 Å². The molecular formula is C15H26N2S. The molecular weight excluding hydrogens is 240 g/mol. The van der Waals surface area contributed by atoms with Gasteiger partial charge >= 0.3 is 0 Å². The first-order chi connectivity index (χ1) is 8.60. The minimum atomic E-state index is 0.120. The number of rotatable bonds is 4. The molecule has 1 aromatic rings. The third-order valence-electron chi connectivity index (χ3n) is 4.38. The van der Waals surface area contributed by atoms with Crippen molar-refractivity contribution in [3.8, 4) is 0 Å². The third-order valence-corrected chi connectivity index (χ3v) is 5.34. The van der Waals surface area contributed by atoms with Gasteiger partial charge < -0.3 is 5.32 Å². The van der Waals surface area contributed by atoms with Crippen molar-refractivity contribution >= 4 is 11.3 Å². The normalized spacial score (nSPS) is 32.9. The molecule has 1 N–H and O–H groups in total. The van der Waals surface area contributed by atoms with E-state index in [1.54, 1.807) is 0 Å². The lowest BCUT2D eigenvalue weighted by molar-refractivity contribution is 0.0738. The minimum absolute atomic E-state index is 0.120. The zero-order chi connectivity index (χ0) is 13.2. The fourth-order valence-electron chi connectivity index (χ4n) is 3.70. The van der Waals surface area contributed by atoms with Gasteiger partial charge in [0.1, 0.15) is 5.01 Å². The van der Waals surface area contributed by atoms with E-state index in [1.807, 2.05) is 17.5 Å².